The average molecular weight is 356 g/mol. The number of methoxy groups -OCH3 is 2. The Hall–Kier alpha value is -3.67. The molecule has 0 atom stereocenters. The van der Waals surface area contributed by atoms with Gasteiger partial charge in [0.15, 0.2) is 11.5 Å². The Morgan fingerprint density at radius 3 is 2.73 bits per heavy atom. The number of carbonyl (C=O) groups is 1. The highest BCUT2D eigenvalue weighted by Gasteiger charge is 2.27. The molecule has 0 saturated heterocycles. The maximum atomic E-state index is 10.9. The van der Waals surface area contributed by atoms with Crippen molar-refractivity contribution in [1.82, 2.24) is 4.98 Å². The third-order valence-electron chi connectivity index (χ3n) is 3.96. The minimum atomic E-state index is -1.07. The van der Waals surface area contributed by atoms with E-state index in [2.05, 4.69) is 10.3 Å². The quantitative estimate of drug-likeness (QED) is 0.623. The van der Waals surface area contributed by atoms with E-state index in [1.54, 1.807) is 12.1 Å². The summed E-state index contributed by atoms with van der Waals surface area (Å²) in [4.78, 5) is 15.1. The zero-order chi connectivity index (χ0) is 18.8. The summed E-state index contributed by atoms with van der Waals surface area (Å²) in [5.74, 6) is 0.664. The fourth-order valence-electron chi connectivity index (χ4n) is 2.77. The standard InChI is InChI=1S/C17H16N4O5/c1-24-12-4-8-3-9-15(20-7-14(22)23)10(6-18)16(19)21-17(9)26-11(8)5-13(12)25-2/h4-5H,3,7H2,1-2H3,(H,22,23)(H3,19,20,21). The first-order chi connectivity index (χ1) is 12.5. The van der Waals surface area contributed by atoms with Gasteiger partial charge in [-0.05, 0) is 6.07 Å². The maximum absolute atomic E-state index is 10.9. The number of hydrogen-bond donors (Lipinski definition) is 3. The van der Waals surface area contributed by atoms with E-state index in [0.29, 0.717) is 34.9 Å². The second kappa shape index (κ2) is 6.68. The summed E-state index contributed by atoms with van der Waals surface area (Å²) >= 11 is 0. The minimum absolute atomic E-state index is 0.0388. The molecule has 1 aliphatic heterocycles. The number of ether oxygens (including phenoxy) is 3. The Morgan fingerprint density at radius 1 is 1.42 bits per heavy atom. The summed E-state index contributed by atoms with van der Waals surface area (Å²) in [6, 6.07) is 5.40. The van der Waals surface area contributed by atoms with Crippen molar-refractivity contribution < 1.29 is 24.1 Å². The first-order valence-electron chi connectivity index (χ1n) is 7.59. The summed E-state index contributed by atoms with van der Waals surface area (Å²) < 4.78 is 16.4. The Kier molecular flexibility index (Phi) is 4.41. The Balaban J connectivity index is 2.11. The van der Waals surface area contributed by atoms with Crippen molar-refractivity contribution in [2.24, 2.45) is 0 Å². The van der Waals surface area contributed by atoms with E-state index in [1.165, 1.54) is 14.2 Å². The first-order valence-corrected chi connectivity index (χ1v) is 7.59. The van der Waals surface area contributed by atoms with Gasteiger partial charge < -0.3 is 30.4 Å². The van der Waals surface area contributed by atoms with E-state index < -0.39 is 5.97 Å². The summed E-state index contributed by atoms with van der Waals surface area (Å²) in [6.45, 7) is -0.372. The number of nitrogens with zero attached hydrogens (tertiary/aromatic N) is 2. The lowest BCUT2D eigenvalue weighted by atomic mass is 9.98. The number of aromatic nitrogens is 1. The Labute approximate surface area is 148 Å². The van der Waals surface area contributed by atoms with Gasteiger partial charge in [-0.25, -0.2) is 0 Å². The normalized spacial score (nSPS) is 11.4. The SMILES string of the molecule is COc1cc2c(cc1OC)Oc1nc(N)c(C#N)c(NCC(=O)O)c1C2. The average Bonchev–Trinajstić information content (AvgIpc) is 2.63. The molecule has 3 rings (SSSR count). The number of carboxylic acids is 1. The molecule has 26 heavy (non-hydrogen) atoms. The molecule has 0 fully saturated rings. The van der Waals surface area contributed by atoms with Gasteiger partial charge in [0.05, 0.1) is 19.9 Å². The van der Waals surface area contributed by atoms with Gasteiger partial charge in [-0.15, -0.1) is 0 Å². The third-order valence-corrected chi connectivity index (χ3v) is 3.96. The molecule has 0 radical (unpaired) electrons. The number of nitriles is 1. The van der Waals surface area contributed by atoms with Crippen molar-refractivity contribution in [3.63, 3.8) is 0 Å². The molecule has 0 bridgehead atoms. The number of nitrogens with one attached hydrogen (secondary N) is 1. The van der Waals surface area contributed by atoms with Crippen molar-refractivity contribution >= 4 is 17.5 Å². The van der Waals surface area contributed by atoms with Gasteiger partial charge in [0.2, 0.25) is 5.88 Å². The van der Waals surface area contributed by atoms with Crippen LogP contribution in [0, 0.1) is 11.3 Å². The topological polar surface area (TPSA) is 140 Å². The first kappa shape index (κ1) is 17.2. The van der Waals surface area contributed by atoms with E-state index >= 15 is 0 Å². The van der Waals surface area contributed by atoms with Gasteiger partial charge in [0.25, 0.3) is 0 Å². The van der Waals surface area contributed by atoms with E-state index in [0.717, 1.165) is 5.56 Å². The van der Waals surface area contributed by atoms with E-state index in [-0.39, 0.29) is 23.8 Å². The van der Waals surface area contributed by atoms with Gasteiger partial charge >= 0.3 is 5.97 Å². The highest BCUT2D eigenvalue weighted by Crippen LogP contribution is 2.45. The van der Waals surface area contributed by atoms with E-state index in [4.69, 9.17) is 25.1 Å². The summed E-state index contributed by atoms with van der Waals surface area (Å²) in [6.07, 6.45) is 0.356. The van der Waals surface area contributed by atoms with Crippen LogP contribution in [-0.2, 0) is 11.2 Å². The van der Waals surface area contributed by atoms with Crippen LogP contribution in [0.15, 0.2) is 12.1 Å². The van der Waals surface area contributed by atoms with Crippen LogP contribution < -0.4 is 25.3 Å². The molecule has 0 spiro atoms. The molecule has 4 N–H and O–H groups in total. The summed E-state index contributed by atoms with van der Waals surface area (Å²) in [5, 5.41) is 21.1. The zero-order valence-electron chi connectivity index (χ0n) is 14.1. The molecular formula is C17H16N4O5. The molecule has 2 aromatic rings. The van der Waals surface area contributed by atoms with Crippen molar-refractivity contribution in [2.75, 3.05) is 31.8 Å². The molecule has 0 aliphatic carbocycles. The number of carboxylic acid groups (broad SMARTS) is 1. The maximum Gasteiger partial charge on any atom is 0.322 e. The van der Waals surface area contributed by atoms with Crippen LogP contribution in [0.5, 0.6) is 23.1 Å². The number of rotatable bonds is 5. The molecule has 9 nitrogen and oxygen atoms in total. The van der Waals surface area contributed by atoms with Gasteiger partial charge in [0.1, 0.15) is 29.7 Å². The number of benzene rings is 1. The van der Waals surface area contributed by atoms with E-state index in [9.17, 15) is 10.1 Å². The number of fused-ring (bicyclic) bond motifs is 2. The number of anilines is 2. The van der Waals surface area contributed by atoms with Gasteiger partial charge in [-0.3, -0.25) is 4.79 Å². The van der Waals surface area contributed by atoms with Crippen LogP contribution in [0.25, 0.3) is 0 Å². The predicted molar refractivity (Wildman–Crippen MR) is 91.9 cm³/mol. The molecule has 0 unspecified atom stereocenters. The molecule has 2 heterocycles. The third kappa shape index (κ3) is 2.88. The molecule has 0 amide bonds. The Morgan fingerprint density at radius 2 is 2.12 bits per heavy atom. The van der Waals surface area contributed by atoms with Crippen molar-refractivity contribution in [3.8, 4) is 29.2 Å². The van der Waals surface area contributed by atoms with Crippen molar-refractivity contribution in [2.45, 2.75) is 6.42 Å². The van der Waals surface area contributed by atoms with Crippen LogP contribution in [0.2, 0.25) is 0 Å². The number of hydrogen-bond acceptors (Lipinski definition) is 8. The monoisotopic (exact) mass is 356 g/mol. The predicted octanol–water partition coefficient (Wildman–Crippen LogP) is 1.75. The van der Waals surface area contributed by atoms with Gasteiger partial charge in [0, 0.05) is 23.6 Å². The molecule has 1 aromatic heterocycles. The lowest BCUT2D eigenvalue weighted by molar-refractivity contribution is -0.134. The fraction of sp³-hybridized carbons (Fsp3) is 0.235. The highest BCUT2D eigenvalue weighted by molar-refractivity contribution is 5.79. The molecular weight excluding hydrogens is 340 g/mol. The Bertz CT molecular complexity index is 936. The minimum Gasteiger partial charge on any atom is -0.493 e. The van der Waals surface area contributed by atoms with Crippen LogP contribution in [0.3, 0.4) is 0 Å². The van der Waals surface area contributed by atoms with E-state index in [1.807, 2.05) is 6.07 Å². The summed E-state index contributed by atoms with van der Waals surface area (Å²) in [5.41, 5.74) is 7.56. The molecule has 134 valence electrons. The highest BCUT2D eigenvalue weighted by atomic mass is 16.5. The lowest BCUT2D eigenvalue weighted by Gasteiger charge is -2.24. The molecule has 1 aromatic carbocycles. The second-order valence-electron chi connectivity index (χ2n) is 5.48. The van der Waals surface area contributed by atoms with Crippen LogP contribution >= 0.6 is 0 Å². The molecule has 1 aliphatic rings. The van der Waals surface area contributed by atoms with Crippen LogP contribution in [-0.4, -0.2) is 36.8 Å². The fourth-order valence-corrected chi connectivity index (χ4v) is 2.77. The van der Waals surface area contributed by atoms with Crippen LogP contribution in [0.1, 0.15) is 16.7 Å². The van der Waals surface area contributed by atoms with Crippen molar-refractivity contribution in [3.05, 3.63) is 28.8 Å². The number of aliphatic carboxylic acids is 1. The molecule has 9 heteroatoms. The van der Waals surface area contributed by atoms with Gasteiger partial charge in [-0.2, -0.15) is 10.2 Å². The number of nitrogens with two attached hydrogens (primary N) is 1. The summed E-state index contributed by atoms with van der Waals surface area (Å²) in [7, 11) is 3.04. The van der Waals surface area contributed by atoms with Crippen LogP contribution in [0.4, 0.5) is 11.5 Å². The number of pyridine rings is 1. The largest absolute Gasteiger partial charge is 0.493 e. The molecule has 0 saturated carbocycles. The second-order valence-corrected chi connectivity index (χ2v) is 5.48. The lowest BCUT2D eigenvalue weighted by Crippen LogP contribution is -2.18. The zero-order valence-corrected chi connectivity index (χ0v) is 14.1. The smallest absolute Gasteiger partial charge is 0.322 e. The van der Waals surface area contributed by atoms with Gasteiger partial charge in [-0.1, -0.05) is 0 Å². The number of nitrogen functional groups attached to an aromatic ring is 1. The van der Waals surface area contributed by atoms with Crippen molar-refractivity contribution in [1.29, 1.82) is 5.26 Å².